The SMILES string of the molecule is O=C(N/N=C/c1cc(Cl)cc(Cl)c1O)c1ccc(O)cc1. The molecular weight excluding hydrogens is 315 g/mol. The fourth-order valence-electron chi connectivity index (χ4n) is 1.52. The maximum absolute atomic E-state index is 11.7. The van der Waals surface area contributed by atoms with Crippen molar-refractivity contribution in [3.05, 3.63) is 57.6 Å². The zero-order chi connectivity index (χ0) is 15.4. The van der Waals surface area contributed by atoms with Gasteiger partial charge in [-0.2, -0.15) is 5.10 Å². The van der Waals surface area contributed by atoms with Gasteiger partial charge in [0.1, 0.15) is 11.5 Å². The number of aromatic hydroxyl groups is 2. The number of rotatable bonds is 3. The van der Waals surface area contributed by atoms with E-state index in [-0.39, 0.29) is 22.1 Å². The average molecular weight is 325 g/mol. The molecule has 0 fully saturated rings. The van der Waals surface area contributed by atoms with E-state index in [1.165, 1.54) is 42.6 Å². The Morgan fingerprint density at radius 2 is 1.81 bits per heavy atom. The highest BCUT2D eigenvalue weighted by molar-refractivity contribution is 6.36. The number of hydrogen-bond donors (Lipinski definition) is 3. The van der Waals surface area contributed by atoms with E-state index in [4.69, 9.17) is 28.3 Å². The predicted molar refractivity (Wildman–Crippen MR) is 81.3 cm³/mol. The van der Waals surface area contributed by atoms with Crippen LogP contribution >= 0.6 is 23.2 Å². The molecule has 108 valence electrons. The van der Waals surface area contributed by atoms with Gasteiger partial charge in [-0.25, -0.2) is 5.43 Å². The van der Waals surface area contributed by atoms with Crippen molar-refractivity contribution in [2.75, 3.05) is 0 Å². The molecule has 0 aliphatic carbocycles. The van der Waals surface area contributed by atoms with Crippen LogP contribution in [0.25, 0.3) is 0 Å². The van der Waals surface area contributed by atoms with Gasteiger partial charge in [0.05, 0.1) is 11.2 Å². The minimum absolute atomic E-state index is 0.0635. The third-order valence-corrected chi connectivity index (χ3v) is 3.06. The van der Waals surface area contributed by atoms with Crippen LogP contribution in [0.2, 0.25) is 10.0 Å². The van der Waals surface area contributed by atoms with E-state index >= 15 is 0 Å². The van der Waals surface area contributed by atoms with Crippen LogP contribution in [-0.4, -0.2) is 22.3 Å². The number of hydrazone groups is 1. The number of nitrogens with one attached hydrogen (secondary N) is 1. The highest BCUT2D eigenvalue weighted by atomic mass is 35.5. The first-order valence-corrected chi connectivity index (χ1v) is 6.53. The van der Waals surface area contributed by atoms with Crippen molar-refractivity contribution in [3.8, 4) is 11.5 Å². The second kappa shape index (κ2) is 6.47. The molecule has 0 radical (unpaired) electrons. The molecule has 0 aromatic heterocycles. The van der Waals surface area contributed by atoms with E-state index in [1.807, 2.05) is 0 Å². The van der Waals surface area contributed by atoms with Gasteiger partial charge in [-0.1, -0.05) is 23.2 Å². The normalized spacial score (nSPS) is 10.8. The fraction of sp³-hybridized carbons (Fsp3) is 0. The summed E-state index contributed by atoms with van der Waals surface area (Å²) >= 11 is 11.6. The summed E-state index contributed by atoms with van der Waals surface area (Å²) < 4.78 is 0. The van der Waals surface area contributed by atoms with Crippen molar-refractivity contribution < 1.29 is 15.0 Å². The largest absolute Gasteiger partial charge is 0.508 e. The van der Waals surface area contributed by atoms with Crippen LogP contribution in [0.5, 0.6) is 11.5 Å². The Hall–Kier alpha value is -2.24. The van der Waals surface area contributed by atoms with Gasteiger partial charge < -0.3 is 10.2 Å². The van der Waals surface area contributed by atoms with Crippen molar-refractivity contribution in [1.82, 2.24) is 5.43 Å². The van der Waals surface area contributed by atoms with Crippen molar-refractivity contribution in [3.63, 3.8) is 0 Å². The highest BCUT2D eigenvalue weighted by Gasteiger charge is 2.07. The molecular formula is C14H10Cl2N2O3. The molecule has 0 aliphatic heterocycles. The molecule has 2 aromatic rings. The first kappa shape index (κ1) is 15.2. The molecule has 2 rings (SSSR count). The summed E-state index contributed by atoms with van der Waals surface area (Å²) in [4.78, 5) is 11.7. The summed E-state index contributed by atoms with van der Waals surface area (Å²) in [6.45, 7) is 0. The summed E-state index contributed by atoms with van der Waals surface area (Å²) in [5.41, 5.74) is 2.89. The first-order chi connectivity index (χ1) is 9.97. The van der Waals surface area contributed by atoms with Gasteiger partial charge >= 0.3 is 0 Å². The number of phenolic OH excluding ortho intramolecular Hbond substituents is 2. The maximum atomic E-state index is 11.7. The van der Waals surface area contributed by atoms with Gasteiger partial charge in [-0.05, 0) is 36.4 Å². The Morgan fingerprint density at radius 1 is 1.14 bits per heavy atom. The number of amides is 1. The molecule has 0 aliphatic rings. The number of hydrogen-bond acceptors (Lipinski definition) is 4. The number of halogens is 2. The molecule has 21 heavy (non-hydrogen) atoms. The number of benzene rings is 2. The van der Waals surface area contributed by atoms with E-state index < -0.39 is 5.91 Å². The minimum Gasteiger partial charge on any atom is -0.508 e. The first-order valence-electron chi connectivity index (χ1n) is 5.78. The number of phenols is 2. The molecule has 7 heteroatoms. The molecule has 1 amide bonds. The van der Waals surface area contributed by atoms with Crippen LogP contribution in [0.15, 0.2) is 41.5 Å². The molecule has 0 unspecified atom stereocenters. The third kappa shape index (κ3) is 3.87. The molecule has 2 aromatic carbocycles. The monoisotopic (exact) mass is 324 g/mol. The Balaban J connectivity index is 2.09. The molecule has 0 saturated heterocycles. The number of nitrogens with zero attached hydrogens (tertiary/aromatic N) is 1. The second-order valence-electron chi connectivity index (χ2n) is 4.07. The molecule has 3 N–H and O–H groups in total. The van der Waals surface area contributed by atoms with Gasteiger partial charge in [0.15, 0.2) is 0 Å². The van der Waals surface area contributed by atoms with E-state index in [0.717, 1.165) is 0 Å². The maximum Gasteiger partial charge on any atom is 0.271 e. The van der Waals surface area contributed by atoms with Crippen LogP contribution < -0.4 is 5.43 Å². The van der Waals surface area contributed by atoms with Gasteiger partial charge in [-0.15, -0.1) is 0 Å². The van der Waals surface area contributed by atoms with Crippen molar-refractivity contribution in [2.45, 2.75) is 0 Å². The Labute approximate surface area is 130 Å². The smallest absolute Gasteiger partial charge is 0.271 e. The number of carbonyl (C=O) groups excluding carboxylic acids is 1. The van der Waals surface area contributed by atoms with E-state index in [9.17, 15) is 9.90 Å². The van der Waals surface area contributed by atoms with Gasteiger partial charge in [0.2, 0.25) is 0 Å². The van der Waals surface area contributed by atoms with Gasteiger partial charge in [0, 0.05) is 16.1 Å². The summed E-state index contributed by atoms with van der Waals surface area (Å²) in [6, 6.07) is 8.54. The Morgan fingerprint density at radius 3 is 2.48 bits per heavy atom. The van der Waals surface area contributed by atoms with E-state index in [0.29, 0.717) is 10.6 Å². The second-order valence-corrected chi connectivity index (χ2v) is 4.92. The molecule has 0 bridgehead atoms. The molecule has 5 nitrogen and oxygen atoms in total. The lowest BCUT2D eigenvalue weighted by Gasteiger charge is -2.03. The minimum atomic E-state index is -0.459. The molecule has 0 atom stereocenters. The van der Waals surface area contributed by atoms with Gasteiger partial charge in [-0.3, -0.25) is 4.79 Å². The molecule has 0 saturated carbocycles. The van der Waals surface area contributed by atoms with Crippen molar-refractivity contribution in [1.29, 1.82) is 0 Å². The van der Waals surface area contributed by atoms with Crippen LogP contribution in [-0.2, 0) is 0 Å². The highest BCUT2D eigenvalue weighted by Crippen LogP contribution is 2.29. The van der Waals surface area contributed by atoms with E-state index in [2.05, 4.69) is 10.5 Å². The zero-order valence-electron chi connectivity index (χ0n) is 10.5. The lowest BCUT2D eigenvalue weighted by Crippen LogP contribution is -2.17. The van der Waals surface area contributed by atoms with E-state index in [1.54, 1.807) is 0 Å². The van der Waals surface area contributed by atoms with Crippen molar-refractivity contribution in [2.24, 2.45) is 5.10 Å². The Bertz CT molecular complexity index is 700. The van der Waals surface area contributed by atoms with Crippen LogP contribution in [0, 0.1) is 0 Å². The predicted octanol–water partition coefficient (Wildman–Crippen LogP) is 3.17. The van der Waals surface area contributed by atoms with Gasteiger partial charge in [0.25, 0.3) is 5.91 Å². The lowest BCUT2D eigenvalue weighted by molar-refractivity contribution is 0.0955. The standard InChI is InChI=1S/C14H10Cl2N2O3/c15-10-5-9(13(20)12(16)6-10)7-17-18-14(21)8-1-3-11(19)4-2-8/h1-7,19-20H,(H,18,21)/b17-7+. The Kier molecular flexibility index (Phi) is 4.67. The van der Waals surface area contributed by atoms with Crippen LogP contribution in [0.4, 0.5) is 0 Å². The topological polar surface area (TPSA) is 81.9 Å². The summed E-state index contributed by atoms with van der Waals surface area (Å²) in [6.07, 6.45) is 1.23. The third-order valence-electron chi connectivity index (χ3n) is 2.56. The number of carbonyl (C=O) groups is 1. The lowest BCUT2D eigenvalue weighted by atomic mass is 10.2. The molecule has 0 spiro atoms. The van der Waals surface area contributed by atoms with Crippen LogP contribution in [0.1, 0.15) is 15.9 Å². The van der Waals surface area contributed by atoms with Crippen LogP contribution in [0.3, 0.4) is 0 Å². The quantitative estimate of drug-likeness (QED) is 0.599. The fourth-order valence-corrected chi connectivity index (χ4v) is 2.03. The molecule has 0 heterocycles. The summed E-state index contributed by atoms with van der Waals surface area (Å²) in [5, 5.41) is 23.0. The summed E-state index contributed by atoms with van der Waals surface area (Å²) in [5.74, 6) is -0.573. The average Bonchev–Trinajstić information content (AvgIpc) is 2.44. The summed E-state index contributed by atoms with van der Waals surface area (Å²) in [7, 11) is 0. The van der Waals surface area contributed by atoms with Crippen molar-refractivity contribution >= 4 is 35.3 Å². The zero-order valence-corrected chi connectivity index (χ0v) is 12.1.